The van der Waals surface area contributed by atoms with Crippen LogP contribution < -0.4 is 5.32 Å². The van der Waals surface area contributed by atoms with Crippen LogP contribution in [-0.2, 0) is 0 Å². The second kappa shape index (κ2) is 4.08. The minimum absolute atomic E-state index is 0.192. The number of aliphatic hydroxyl groups is 1. The van der Waals surface area contributed by atoms with Gasteiger partial charge in [0.1, 0.15) is 0 Å². The third-order valence-corrected chi connectivity index (χ3v) is 2.50. The molecule has 0 atom stereocenters. The van der Waals surface area contributed by atoms with Gasteiger partial charge in [-0.15, -0.1) is 0 Å². The van der Waals surface area contributed by atoms with Crippen molar-refractivity contribution in [2.45, 2.75) is 6.10 Å². The van der Waals surface area contributed by atoms with Gasteiger partial charge in [0.05, 0.1) is 19.2 Å². The molecule has 1 saturated heterocycles. The van der Waals surface area contributed by atoms with Gasteiger partial charge in [0.15, 0.2) is 0 Å². The second-order valence-electron chi connectivity index (χ2n) is 3.50. The number of hydrogen-bond acceptors (Lipinski definition) is 2. The number of hydrogen-bond donors (Lipinski definition) is 2. The molecule has 2 amide bonds. The average molecular weight is 227 g/mol. The zero-order valence-corrected chi connectivity index (χ0v) is 8.74. The van der Waals surface area contributed by atoms with Gasteiger partial charge in [-0.2, -0.15) is 0 Å². The maximum Gasteiger partial charge on any atom is 0.322 e. The molecule has 1 aromatic rings. The maximum absolute atomic E-state index is 11.5. The summed E-state index contributed by atoms with van der Waals surface area (Å²) in [5.74, 6) is 0. The summed E-state index contributed by atoms with van der Waals surface area (Å²) in [6.07, 6.45) is -0.374. The number of carbonyl (C=O) groups is 1. The Hall–Kier alpha value is -1.26. The number of β-amino-alcohol motifs (C(OH)–C–C–N with tert-alkyl or cyclic N) is 1. The van der Waals surface area contributed by atoms with Crippen molar-refractivity contribution in [1.82, 2.24) is 4.90 Å². The lowest BCUT2D eigenvalue weighted by Crippen LogP contribution is -2.54. The minimum atomic E-state index is -0.374. The smallest absolute Gasteiger partial charge is 0.322 e. The maximum atomic E-state index is 11.5. The van der Waals surface area contributed by atoms with Crippen molar-refractivity contribution in [3.05, 3.63) is 29.3 Å². The molecular weight excluding hydrogens is 216 g/mol. The highest BCUT2D eigenvalue weighted by atomic mass is 35.5. The van der Waals surface area contributed by atoms with Gasteiger partial charge < -0.3 is 15.3 Å². The molecule has 0 radical (unpaired) electrons. The first-order valence-corrected chi connectivity index (χ1v) is 5.02. The Morgan fingerprint density at radius 3 is 2.53 bits per heavy atom. The normalized spacial score (nSPS) is 16.0. The predicted molar refractivity (Wildman–Crippen MR) is 58.1 cm³/mol. The monoisotopic (exact) mass is 226 g/mol. The molecule has 0 saturated carbocycles. The summed E-state index contributed by atoms with van der Waals surface area (Å²) in [4.78, 5) is 13.0. The van der Waals surface area contributed by atoms with Gasteiger partial charge in [-0.25, -0.2) is 4.79 Å². The number of nitrogens with one attached hydrogen (secondary N) is 1. The number of amides is 2. The Kier molecular flexibility index (Phi) is 2.79. The number of urea groups is 1. The SMILES string of the molecule is O=C(Nc1ccc(Cl)cc1)N1CC(O)C1. The third-order valence-electron chi connectivity index (χ3n) is 2.24. The first-order valence-electron chi connectivity index (χ1n) is 4.65. The van der Waals surface area contributed by atoms with Crippen LogP contribution in [0.3, 0.4) is 0 Å². The number of halogens is 1. The van der Waals surface area contributed by atoms with Gasteiger partial charge in [-0.3, -0.25) is 0 Å². The van der Waals surface area contributed by atoms with Gasteiger partial charge in [0.25, 0.3) is 0 Å². The lowest BCUT2D eigenvalue weighted by atomic mass is 10.2. The molecule has 0 aromatic heterocycles. The summed E-state index contributed by atoms with van der Waals surface area (Å²) >= 11 is 5.71. The quantitative estimate of drug-likeness (QED) is 0.764. The van der Waals surface area contributed by atoms with Crippen molar-refractivity contribution in [3.8, 4) is 0 Å². The van der Waals surface area contributed by atoms with Gasteiger partial charge >= 0.3 is 6.03 Å². The summed E-state index contributed by atoms with van der Waals surface area (Å²) in [7, 11) is 0. The zero-order valence-electron chi connectivity index (χ0n) is 7.98. The van der Waals surface area contributed by atoms with E-state index >= 15 is 0 Å². The highest BCUT2D eigenvalue weighted by molar-refractivity contribution is 6.30. The molecule has 80 valence electrons. The Balaban J connectivity index is 1.91. The van der Waals surface area contributed by atoms with E-state index < -0.39 is 0 Å². The Bertz CT molecular complexity index is 360. The van der Waals surface area contributed by atoms with Crippen molar-refractivity contribution >= 4 is 23.3 Å². The van der Waals surface area contributed by atoms with Gasteiger partial charge in [-0.05, 0) is 24.3 Å². The molecule has 1 fully saturated rings. The molecule has 0 aliphatic carbocycles. The molecule has 1 aromatic carbocycles. The summed E-state index contributed by atoms with van der Waals surface area (Å²) < 4.78 is 0. The van der Waals surface area contributed by atoms with Crippen LogP contribution in [0.25, 0.3) is 0 Å². The molecule has 1 heterocycles. The standard InChI is InChI=1S/C10H11ClN2O2/c11-7-1-3-8(4-2-7)12-10(15)13-5-9(14)6-13/h1-4,9,14H,5-6H2,(H,12,15). The molecule has 2 rings (SSSR count). The molecule has 0 spiro atoms. The fraction of sp³-hybridized carbons (Fsp3) is 0.300. The zero-order chi connectivity index (χ0) is 10.8. The predicted octanol–water partition coefficient (Wildman–Crippen LogP) is 1.55. The molecule has 15 heavy (non-hydrogen) atoms. The highest BCUT2D eigenvalue weighted by Gasteiger charge is 2.28. The molecule has 5 heteroatoms. The van der Waals surface area contributed by atoms with Crippen molar-refractivity contribution < 1.29 is 9.90 Å². The highest BCUT2D eigenvalue weighted by Crippen LogP contribution is 2.15. The molecule has 0 unspecified atom stereocenters. The van der Waals surface area contributed by atoms with Crippen LogP contribution in [0, 0.1) is 0 Å². The third kappa shape index (κ3) is 2.40. The van der Waals surface area contributed by atoms with Gasteiger partial charge in [0.2, 0.25) is 0 Å². The van der Waals surface area contributed by atoms with Crippen molar-refractivity contribution in [2.75, 3.05) is 18.4 Å². The molecular formula is C10H11ClN2O2. The van der Waals surface area contributed by atoms with Crippen LogP contribution in [-0.4, -0.2) is 35.2 Å². The van der Waals surface area contributed by atoms with E-state index in [0.29, 0.717) is 23.8 Å². The van der Waals surface area contributed by atoms with E-state index in [4.69, 9.17) is 16.7 Å². The van der Waals surface area contributed by atoms with E-state index in [1.807, 2.05) is 0 Å². The van der Waals surface area contributed by atoms with E-state index in [1.54, 1.807) is 29.2 Å². The lowest BCUT2D eigenvalue weighted by molar-refractivity contribution is 0.0309. The molecule has 2 N–H and O–H groups in total. The van der Waals surface area contributed by atoms with E-state index in [1.165, 1.54) is 0 Å². The fourth-order valence-corrected chi connectivity index (χ4v) is 1.48. The van der Waals surface area contributed by atoms with Crippen LogP contribution >= 0.6 is 11.6 Å². The number of benzene rings is 1. The van der Waals surface area contributed by atoms with Crippen LogP contribution in [0.2, 0.25) is 5.02 Å². The van der Waals surface area contributed by atoms with Crippen LogP contribution in [0.15, 0.2) is 24.3 Å². The van der Waals surface area contributed by atoms with E-state index in [2.05, 4.69) is 5.32 Å². The Labute approximate surface area is 92.5 Å². The number of aliphatic hydroxyl groups excluding tert-OH is 1. The first kappa shape index (κ1) is 10.3. The van der Waals surface area contributed by atoms with E-state index in [-0.39, 0.29) is 12.1 Å². The van der Waals surface area contributed by atoms with Crippen LogP contribution in [0.5, 0.6) is 0 Å². The number of likely N-dealkylation sites (tertiary alicyclic amines) is 1. The van der Waals surface area contributed by atoms with Gasteiger partial charge in [0, 0.05) is 10.7 Å². The lowest BCUT2D eigenvalue weighted by Gasteiger charge is -2.35. The average Bonchev–Trinajstić information content (AvgIpc) is 2.17. The van der Waals surface area contributed by atoms with Crippen molar-refractivity contribution in [3.63, 3.8) is 0 Å². The largest absolute Gasteiger partial charge is 0.389 e. The molecule has 1 aliphatic heterocycles. The van der Waals surface area contributed by atoms with Crippen LogP contribution in [0.4, 0.5) is 10.5 Å². The number of rotatable bonds is 1. The summed E-state index contributed by atoms with van der Waals surface area (Å²) in [6.45, 7) is 0.804. The first-order chi connectivity index (χ1) is 7.15. The van der Waals surface area contributed by atoms with Crippen molar-refractivity contribution in [2.24, 2.45) is 0 Å². The minimum Gasteiger partial charge on any atom is -0.389 e. The topological polar surface area (TPSA) is 52.6 Å². The summed E-state index contributed by atoms with van der Waals surface area (Å²) in [6, 6.07) is 6.69. The van der Waals surface area contributed by atoms with E-state index in [9.17, 15) is 4.79 Å². The Morgan fingerprint density at radius 2 is 2.00 bits per heavy atom. The van der Waals surface area contributed by atoms with E-state index in [0.717, 1.165) is 0 Å². The van der Waals surface area contributed by atoms with Crippen LogP contribution in [0.1, 0.15) is 0 Å². The summed E-state index contributed by atoms with van der Waals surface area (Å²) in [5.41, 5.74) is 0.700. The summed E-state index contributed by atoms with van der Waals surface area (Å²) in [5, 5.41) is 12.4. The second-order valence-corrected chi connectivity index (χ2v) is 3.93. The molecule has 0 bridgehead atoms. The van der Waals surface area contributed by atoms with Gasteiger partial charge in [-0.1, -0.05) is 11.6 Å². The number of nitrogens with zero attached hydrogens (tertiary/aromatic N) is 1. The fourth-order valence-electron chi connectivity index (χ4n) is 1.36. The number of anilines is 1. The number of carbonyl (C=O) groups excluding carboxylic acids is 1. The van der Waals surface area contributed by atoms with Crippen molar-refractivity contribution in [1.29, 1.82) is 0 Å². The Morgan fingerprint density at radius 1 is 1.40 bits per heavy atom. The molecule has 1 aliphatic rings. The molecule has 4 nitrogen and oxygen atoms in total.